The third-order valence-corrected chi connectivity index (χ3v) is 3.99. The first kappa shape index (κ1) is 15.3. The monoisotopic (exact) mass is 330 g/mol. The lowest BCUT2D eigenvalue weighted by Crippen LogP contribution is -1.95. The first-order valence-electron chi connectivity index (χ1n) is 8.23. The summed E-state index contributed by atoms with van der Waals surface area (Å²) in [5, 5.41) is 1.83. The van der Waals surface area contributed by atoms with Crippen LogP contribution in [-0.2, 0) is 0 Å². The van der Waals surface area contributed by atoms with Crippen LogP contribution in [0.5, 0.6) is 17.2 Å². The van der Waals surface area contributed by atoms with Crippen molar-refractivity contribution in [2.45, 2.75) is 6.92 Å². The van der Waals surface area contributed by atoms with Gasteiger partial charge in [0, 0.05) is 16.5 Å². The molecule has 4 aromatic rings. The fourth-order valence-corrected chi connectivity index (χ4v) is 2.88. The molecular formula is C21H18N2O2. The Kier molecular flexibility index (Phi) is 3.86. The summed E-state index contributed by atoms with van der Waals surface area (Å²) in [6, 6.07) is 21.2. The maximum absolute atomic E-state index is 6.24. The van der Waals surface area contributed by atoms with E-state index in [0.29, 0.717) is 12.3 Å². The summed E-state index contributed by atoms with van der Waals surface area (Å²) in [5.41, 5.74) is 8.26. The highest BCUT2D eigenvalue weighted by Gasteiger charge is 2.13. The van der Waals surface area contributed by atoms with Crippen molar-refractivity contribution >= 4 is 27.5 Å². The van der Waals surface area contributed by atoms with Crippen molar-refractivity contribution in [3.8, 4) is 17.2 Å². The topological polar surface area (TPSA) is 57.4 Å². The normalized spacial score (nSPS) is 10.9. The molecule has 0 aliphatic heterocycles. The summed E-state index contributed by atoms with van der Waals surface area (Å²) in [6.45, 7) is 2.57. The number of ether oxygens (including phenoxy) is 2. The van der Waals surface area contributed by atoms with Crippen molar-refractivity contribution in [3.05, 3.63) is 66.7 Å². The van der Waals surface area contributed by atoms with E-state index in [1.807, 2.05) is 73.7 Å². The van der Waals surface area contributed by atoms with Crippen molar-refractivity contribution in [1.82, 2.24) is 4.98 Å². The highest BCUT2D eigenvalue weighted by atomic mass is 16.5. The van der Waals surface area contributed by atoms with Gasteiger partial charge in [0.2, 0.25) is 0 Å². The molecule has 0 unspecified atom stereocenters. The number of pyridine rings is 1. The van der Waals surface area contributed by atoms with Crippen molar-refractivity contribution in [2.75, 3.05) is 12.3 Å². The van der Waals surface area contributed by atoms with Gasteiger partial charge in [-0.2, -0.15) is 0 Å². The second kappa shape index (κ2) is 6.32. The van der Waals surface area contributed by atoms with Crippen LogP contribution in [0.3, 0.4) is 0 Å². The van der Waals surface area contributed by atoms with Crippen LogP contribution in [0.4, 0.5) is 5.69 Å². The molecule has 0 amide bonds. The van der Waals surface area contributed by atoms with E-state index < -0.39 is 0 Å². The molecular weight excluding hydrogens is 312 g/mol. The highest BCUT2D eigenvalue weighted by molar-refractivity contribution is 6.02. The molecule has 1 heterocycles. The zero-order valence-corrected chi connectivity index (χ0v) is 13.9. The van der Waals surface area contributed by atoms with Crippen LogP contribution in [0.1, 0.15) is 6.92 Å². The molecule has 4 rings (SSSR count). The van der Waals surface area contributed by atoms with Gasteiger partial charge in [-0.1, -0.05) is 18.2 Å². The minimum absolute atomic E-state index is 0.609. The molecule has 0 aliphatic rings. The van der Waals surface area contributed by atoms with Crippen LogP contribution in [0.2, 0.25) is 0 Å². The smallest absolute Gasteiger partial charge is 0.146 e. The number of nitrogen functional groups attached to an aromatic ring is 1. The molecule has 0 radical (unpaired) electrons. The molecule has 0 saturated heterocycles. The molecule has 2 N–H and O–H groups in total. The molecule has 124 valence electrons. The van der Waals surface area contributed by atoms with E-state index in [1.54, 1.807) is 0 Å². The Morgan fingerprint density at radius 1 is 0.840 bits per heavy atom. The summed E-state index contributed by atoms with van der Waals surface area (Å²) >= 11 is 0. The van der Waals surface area contributed by atoms with Gasteiger partial charge in [-0.15, -0.1) is 0 Å². The van der Waals surface area contributed by atoms with Crippen LogP contribution < -0.4 is 15.2 Å². The third kappa shape index (κ3) is 2.94. The van der Waals surface area contributed by atoms with E-state index in [4.69, 9.17) is 20.2 Å². The minimum Gasteiger partial charge on any atom is -0.494 e. The predicted octanol–water partition coefficient (Wildman–Crippen LogP) is 5.16. The number of rotatable bonds is 4. The number of hydrogen-bond donors (Lipinski definition) is 1. The van der Waals surface area contributed by atoms with Gasteiger partial charge in [-0.25, -0.2) is 4.98 Å². The van der Waals surface area contributed by atoms with E-state index in [0.717, 1.165) is 39.1 Å². The average molecular weight is 330 g/mol. The maximum Gasteiger partial charge on any atom is 0.146 e. The van der Waals surface area contributed by atoms with E-state index in [1.165, 1.54) is 0 Å². The molecule has 1 aromatic heterocycles. The number of hydrogen-bond acceptors (Lipinski definition) is 4. The summed E-state index contributed by atoms with van der Waals surface area (Å²) in [7, 11) is 0. The number of aromatic nitrogens is 1. The molecule has 4 nitrogen and oxygen atoms in total. The summed E-state index contributed by atoms with van der Waals surface area (Å²) in [5.74, 6) is 2.33. The van der Waals surface area contributed by atoms with Crippen molar-refractivity contribution in [1.29, 1.82) is 0 Å². The molecule has 0 spiro atoms. The second-order valence-corrected chi connectivity index (χ2v) is 5.74. The Morgan fingerprint density at radius 2 is 1.68 bits per heavy atom. The number of nitrogens with zero attached hydrogens (tertiary/aromatic N) is 1. The van der Waals surface area contributed by atoms with Gasteiger partial charge in [0.25, 0.3) is 0 Å². The highest BCUT2D eigenvalue weighted by Crippen LogP contribution is 2.38. The lowest BCUT2D eigenvalue weighted by Gasteiger charge is -2.14. The standard InChI is InChI=1S/C21H18N2O2/c1-2-24-16-9-11-19-18(13-16)21(25-15-6-4-3-5-7-15)17-10-8-14(22)12-20(17)23-19/h3-13H,2,22H2,1H3. The zero-order chi connectivity index (χ0) is 17.2. The number of benzene rings is 3. The Hall–Kier alpha value is -3.27. The quantitative estimate of drug-likeness (QED) is 0.415. The van der Waals surface area contributed by atoms with Crippen molar-refractivity contribution < 1.29 is 9.47 Å². The fourth-order valence-electron chi connectivity index (χ4n) is 2.88. The van der Waals surface area contributed by atoms with Gasteiger partial charge in [-0.05, 0) is 55.5 Å². The molecule has 0 saturated carbocycles. The van der Waals surface area contributed by atoms with Gasteiger partial charge in [0.1, 0.15) is 17.2 Å². The van der Waals surface area contributed by atoms with Crippen molar-refractivity contribution in [2.24, 2.45) is 0 Å². The van der Waals surface area contributed by atoms with E-state index in [-0.39, 0.29) is 0 Å². The van der Waals surface area contributed by atoms with Crippen LogP contribution in [-0.4, -0.2) is 11.6 Å². The lowest BCUT2D eigenvalue weighted by atomic mass is 10.1. The van der Waals surface area contributed by atoms with Crippen LogP contribution in [0.15, 0.2) is 66.7 Å². The van der Waals surface area contributed by atoms with Crippen molar-refractivity contribution in [3.63, 3.8) is 0 Å². The average Bonchev–Trinajstić information content (AvgIpc) is 2.63. The van der Waals surface area contributed by atoms with Gasteiger partial charge in [0.05, 0.1) is 17.6 Å². The van der Waals surface area contributed by atoms with Crippen LogP contribution in [0, 0.1) is 0 Å². The maximum atomic E-state index is 6.24. The molecule has 25 heavy (non-hydrogen) atoms. The first-order valence-corrected chi connectivity index (χ1v) is 8.23. The summed E-state index contributed by atoms with van der Waals surface area (Å²) in [4.78, 5) is 4.73. The number of para-hydroxylation sites is 1. The molecule has 4 heteroatoms. The molecule has 0 aliphatic carbocycles. The van der Waals surface area contributed by atoms with E-state index >= 15 is 0 Å². The van der Waals surface area contributed by atoms with Crippen LogP contribution >= 0.6 is 0 Å². The Morgan fingerprint density at radius 3 is 2.48 bits per heavy atom. The zero-order valence-electron chi connectivity index (χ0n) is 13.9. The number of anilines is 1. The number of nitrogens with two attached hydrogens (primary N) is 1. The first-order chi connectivity index (χ1) is 12.2. The molecule has 0 atom stereocenters. The molecule has 3 aromatic carbocycles. The predicted molar refractivity (Wildman–Crippen MR) is 101 cm³/mol. The SMILES string of the molecule is CCOc1ccc2nc3cc(N)ccc3c(Oc3ccccc3)c2c1. The van der Waals surface area contributed by atoms with Gasteiger partial charge < -0.3 is 15.2 Å². The van der Waals surface area contributed by atoms with Gasteiger partial charge >= 0.3 is 0 Å². The fraction of sp³-hybridized carbons (Fsp3) is 0.0952. The summed E-state index contributed by atoms with van der Waals surface area (Å²) < 4.78 is 11.9. The van der Waals surface area contributed by atoms with E-state index in [9.17, 15) is 0 Å². The Balaban J connectivity index is 1.99. The van der Waals surface area contributed by atoms with Gasteiger partial charge in [-0.3, -0.25) is 0 Å². The van der Waals surface area contributed by atoms with Gasteiger partial charge in [0.15, 0.2) is 0 Å². The molecule has 0 bridgehead atoms. The summed E-state index contributed by atoms with van der Waals surface area (Å²) in [6.07, 6.45) is 0. The number of fused-ring (bicyclic) bond motifs is 2. The van der Waals surface area contributed by atoms with E-state index in [2.05, 4.69) is 0 Å². The largest absolute Gasteiger partial charge is 0.494 e. The second-order valence-electron chi connectivity index (χ2n) is 5.74. The van der Waals surface area contributed by atoms with Crippen LogP contribution in [0.25, 0.3) is 21.8 Å². The Bertz CT molecular complexity index is 1050. The Labute approximate surface area is 145 Å². The minimum atomic E-state index is 0.609. The lowest BCUT2D eigenvalue weighted by molar-refractivity contribution is 0.340. The third-order valence-electron chi connectivity index (χ3n) is 3.99. The molecule has 0 fully saturated rings.